The van der Waals surface area contributed by atoms with Crippen LogP contribution < -0.4 is 10.5 Å². The first-order valence-corrected chi connectivity index (χ1v) is 5.67. The third-order valence-corrected chi connectivity index (χ3v) is 2.65. The number of pyridine rings is 1. The Hall–Kier alpha value is -1.58. The number of halogens is 1. The van der Waals surface area contributed by atoms with Crippen LogP contribution in [0, 0.1) is 0 Å². The minimum Gasteiger partial charge on any atom is -0.487 e. The summed E-state index contributed by atoms with van der Waals surface area (Å²) in [7, 11) is 0. The van der Waals surface area contributed by atoms with E-state index in [-0.39, 0.29) is 0 Å². The monoisotopic (exact) mass is 248 g/mol. The molecule has 0 fully saturated rings. The van der Waals surface area contributed by atoms with Gasteiger partial charge in [0.05, 0.1) is 6.20 Å². The number of ether oxygens (including phenoxy) is 1. The van der Waals surface area contributed by atoms with E-state index in [1.54, 1.807) is 12.4 Å². The summed E-state index contributed by atoms with van der Waals surface area (Å²) in [6.45, 7) is 0.925. The Bertz CT molecular complexity index is 485. The smallest absolute Gasteiger partial charge is 0.142 e. The summed E-state index contributed by atoms with van der Waals surface area (Å²) >= 11 is 5.81. The van der Waals surface area contributed by atoms with Crippen molar-refractivity contribution in [3.05, 3.63) is 58.9 Å². The minimum atomic E-state index is 0.443. The highest BCUT2D eigenvalue weighted by Gasteiger charge is 2.02. The van der Waals surface area contributed by atoms with Crippen molar-refractivity contribution in [1.82, 2.24) is 4.98 Å². The predicted octanol–water partition coefficient (Wildman–Crippen LogP) is 2.77. The molecule has 88 valence electrons. The molecular formula is C13H13ClN2O. The topological polar surface area (TPSA) is 48.1 Å². The molecule has 3 nitrogen and oxygen atoms in total. The molecule has 0 radical (unpaired) electrons. The van der Waals surface area contributed by atoms with Crippen LogP contribution in [0.5, 0.6) is 5.75 Å². The van der Waals surface area contributed by atoms with E-state index < -0.39 is 0 Å². The second kappa shape index (κ2) is 5.66. The quantitative estimate of drug-likeness (QED) is 0.905. The van der Waals surface area contributed by atoms with Gasteiger partial charge in [0, 0.05) is 23.3 Å². The maximum Gasteiger partial charge on any atom is 0.142 e. The third kappa shape index (κ3) is 3.19. The van der Waals surface area contributed by atoms with Crippen molar-refractivity contribution in [2.45, 2.75) is 13.2 Å². The Kier molecular flexibility index (Phi) is 3.96. The minimum absolute atomic E-state index is 0.443. The second-order valence-corrected chi connectivity index (χ2v) is 4.04. The molecule has 1 heterocycles. The van der Waals surface area contributed by atoms with E-state index in [0.29, 0.717) is 13.2 Å². The maximum atomic E-state index is 5.81. The fourth-order valence-electron chi connectivity index (χ4n) is 1.45. The number of hydrogen-bond donors (Lipinski definition) is 1. The highest BCUT2D eigenvalue weighted by Crippen LogP contribution is 2.18. The van der Waals surface area contributed by atoms with Crippen molar-refractivity contribution in [3.63, 3.8) is 0 Å². The van der Waals surface area contributed by atoms with E-state index in [2.05, 4.69) is 4.98 Å². The molecule has 1 aromatic heterocycles. The van der Waals surface area contributed by atoms with Crippen LogP contribution in [0.25, 0.3) is 0 Å². The van der Waals surface area contributed by atoms with Gasteiger partial charge in [0.2, 0.25) is 0 Å². The lowest BCUT2D eigenvalue weighted by Crippen LogP contribution is -2.03. The summed E-state index contributed by atoms with van der Waals surface area (Å²) in [6, 6.07) is 9.40. The number of rotatable bonds is 4. The van der Waals surface area contributed by atoms with Gasteiger partial charge in [-0.3, -0.25) is 4.98 Å². The van der Waals surface area contributed by atoms with Gasteiger partial charge in [0.1, 0.15) is 12.4 Å². The number of nitrogens with two attached hydrogens (primary N) is 1. The molecule has 0 aliphatic heterocycles. The van der Waals surface area contributed by atoms with Crippen LogP contribution in [0.1, 0.15) is 11.1 Å². The van der Waals surface area contributed by atoms with E-state index in [1.165, 1.54) is 0 Å². The Morgan fingerprint density at radius 3 is 2.65 bits per heavy atom. The lowest BCUT2D eigenvalue weighted by molar-refractivity contribution is 0.301. The zero-order valence-electron chi connectivity index (χ0n) is 9.27. The first-order chi connectivity index (χ1) is 8.29. The number of benzene rings is 1. The van der Waals surface area contributed by atoms with Crippen molar-refractivity contribution in [2.75, 3.05) is 0 Å². The molecule has 17 heavy (non-hydrogen) atoms. The summed E-state index contributed by atoms with van der Waals surface area (Å²) in [6.07, 6.45) is 3.38. The van der Waals surface area contributed by atoms with Crippen molar-refractivity contribution in [2.24, 2.45) is 5.73 Å². The zero-order chi connectivity index (χ0) is 12.1. The lowest BCUT2D eigenvalue weighted by atomic mass is 10.2. The molecule has 0 atom stereocenters. The summed E-state index contributed by atoms with van der Waals surface area (Å²) in [5.41, 5.74) is 7.62. The Balaban J connectivity index is 2.04. The molecule has 0 saturated carbocycles. The predicted molar refractivity (Wildman–Crippen MR) is 67.9 cm³/mol. The Labute approximate surface area is 105 Å². The first kappa shape index (κ1) is 11.9. The molecule has 0 aliphatic rings. The van der Waals surface area contributed by atoms with Crippen LogP contribution in [0.15, 0.2) is 42.7 Å². The van der Waals surface area contributed by atoms with Gasteiger partial charge in [-0.15, -0.1) is 0 Å². The zero-order valence-corrected chi connectivity index (χ0v) is 10.0. The van der Waals surface area contributed by atoms with Gasteiger partial charge in [0.15, 0.2) is 0 Å². The fraction of sp³-hybridized carbons (Fsp3) is 0.154. The van der Waals surface area contributed by atoms with Crippen LogP contribution in [-0.2, 0) is 13.2 Å². The lowest BCUT2D eigenvalue weighted by Gasteiger charge is -2.09. The van der Waals surface area contributed by atoms with Gasteiger partial charge < -0.3 is 10.5 Å². The molecule has 0 bridgehead atoms. The highest BCUT2D eigenvalue weighted by molar-refractivity contribution is 6.30. The van der Waals surface area contributed by atoms with Crippen LogP contribution >= 0.6 is 11.6 Å². The standard InChI is InChI=1S/C13H13ClN2O/c14-12-3-1-10(2-4-12)9-17-13-8-16-6-5-11(13)7-15/h1-6,8H,7,9,15H2. The molecule has 2 aromatic rings. The number of aromatic nitrogens is 1. The number of hydrogen-bond acceptors (Lipinski definition) is 3. The summed E-state index contributed by atoms with van der Waals surface area (Å²) < 4.78 is 5.67. The summed E-state index contributed by atoms with van der Waals surface area (Å²) in [4.78, 5) is 4.02. The SMILES string of the molecule is NCc1ccncc1OCc1ccc(Cl)cc1. The van der Waals surface area contributed by atoms with Crippen LogP contribution in [0.2, 0.25) is 5.02 Å². The molecule has 2 N–H and O–H groups in total. The van der Waals surface area contributed by atoms with Gasteiger partial charge >= 0.3 is 0 Å². The average Bonchev–Trinajstić information content (AvgIpc) is 2.38. The molecule has 0 amide bonds. The van der Waals surface area contributed by atoms with Crippen molar-refractivity contribution < 1.29 is 4.74 Å². The van der Waals surface area contributed by atoms with Crippen LogP contribution in [-0.4, -0.2) is 4.98 Å². The van der Waals surface area contributed by atoms with E-state index >= 15 is 0 Å². The average molecular weight is 249 g/mol. The van der Waals surface area contributed by atoms with Gasteiger partial charge in [0.25, 0.3) is 0 Å². The van der Waals surface area contributed by atoms with Gasteiger partial charge in [-0.05, 0) is 23.8 Å². The Morgan fingerprint density at radius 1 is 1.18 bits per heavy atom. The molecule has 0 unspecified atom stereocenters. The van der Waals surface area contributed by atoms with E-state index in [1.807, 2.05) is 30.3 Å². The second-order valence-electron chi connectivity index (χ2n) is 3.60. The fourth-order valence-corrected chi connectivity index (χ4v) is 1.58. The van der Waals surface area contributed by atoms with Crippen LogP contribution in [0.4, 0.5) is 0 Å². The summed E-state index contributed by atoms with van der Waals surface area (Å²) in [5.74, 6) is 0.727. The van der Waals surface area contributed by atoms with Gasteiger partial charge in [-0.2, -0.15) is 0 Å². The summed E-state index contributed by atoms with van der Waals surface area (Å²) in [5, 5.41) is 0.720. The Morgan fingerprint density at radius 2 is 1.94 bits per heavy atom. The number of nitrogens with zero attached hydrogens (tertiary/aromatic N) is 1. The largest absolute Gasteiger partial charge is 0.487 e. The first-order valence-electron chi connectivity index (χ1n) is 5.30. The van der Waals surface area contributed by atoms with E-state index in [9.17, 15) is 0 Å². The molecule has 0 spiro atoms. The van der Waals surface area contributed by atoms with Crippen molar-refractivity contribution in [3.8, 4) is 5.75 Å². The third-order valence-electron chi connectivity index (χ3n) is 2.40. The van der Waals surface area contributed by atoms with Crippen molar-refractivity contribution in [1.29, 1.82) is 0 Å². The molecule has 2 rings (SSSR count). The van der Waals surface area contributed by atoms with Gasteiger partial charge in [-0.25, -0.2) is 0 Å². The van der Waals surface area contributed by atoms with Crippen molar-refractivity contribution >= 4 is 11.6 Å². The molecule has 0 aliphatic carbocycles. The van der Waals surface area contributed by atoms with E-state index in [0.717, 1.165) is 21.9 Å². The normalized spacial score (nSPS) is 10.2. The molecular weight excluding hydrogens is 236 g/mol. The maximum absolute atomic E-state index is 5.81. The van der Waals surface area contributed by atoms with Gasteiger partial charge in [-0.1, -0.05) is 23.7 Å². The highest BCUT2D eigenvalue weighted by atomic mass is 35.5. The molecule has 4 heteroatoms. The van der Waals surface area contributed by atoms with Crippen LogP contribution in [0.3, 0.4) is 0 Å². The van der Waals surface area contributed by atoms with E-state index in [4.69, 9.17) is 22.1 Å². The molecule has 1 aromatic carbocycles. The molecule has 0 saturated heterocycles.